The van der Waals surface area contributed by atoms with Crippen LogP contribution in [0.15, 0.2) is 54.3 Å². The van der Waals surface area contributed by atoms with Crippen molar-refractivity contribution in [1.82, 2.24) is 25.5 Å². The number of benzene rings is 1. The summed E-state index contributed by atoms with van der Waals surface area (Å²) in [4.78, 5) is 29.0. The molecular weight excluding hydrogens is 488 g/mol. The monoisotopic (exact) mass is 524 g/mol. The molecule has 0 atom stereocenters. The Labute approximate surface area is 222 Å². The lowest BCUT2D eigenvalue weighted by molar-refractivity contribution is 0.0342. The SMILES string of the molecule is C/C=C\C=C(/C)N(C)NC(=O)c1cc2c(NC(=O)c3ccc(CN4CCOCC4)cc3)[nH]nc2s1.CC. The fourth-order valence-corrected chi connectivity index (χ4v) is 4.51. The molecule has 4 rings (SSSR count). The fourth-order valence-electron chi connectivity index (χ4n) is 3.63. The Kier molecular flexibility index (Phi) is 10.4. The molecule has 2 amide bonds. The standard InChI is InChI=1S/C25H30N6O3S.C2H6/c1-4-5-6-17(2)30(3)29-24(33)21-15-20-22(27-28-25(20)35-21)26-23(32)19-9-7-18(8-10-19)16-31-11-13-34-14-12-31;1-2/h4-10,15H,11-14,16H2,1-3H3,(H,29,33)(H2,26,27,28,32);1-2H3/b5-4-,17-6+;. The third kappa shape index (κ3) is 7.51. The van der Waals surface area contributed by atoms with Crippen molar-refractivity contribution in [3.8, 4) is 0 Å². The van der Waals surface area contributed by atoms with Crippen molar-refractivity contribution in [2.45, 2.75) is 34.2 Å². The van der Waals surface area contributed by atoms with Gasteiger partial charge in [0.25, 0.3) is 11.8 Å². The molecule has 10 heteroatoms. The number of ether oxygens (including phenoxy) is 1. The van der Waals surface area contributed by atoms with Crippen molar-refractivity contribution in [3.05, 3.63) is 70.3 Å². The first-order valence-electron chi connectivity index (χ1n) is 12.5. The summed E-state index contributed by atoms with van der Waals surface area (Å²) in [6.07, 6.45) is 5.73. The molecule has 0 unspecified atom stereocenters. The number of nitrogens with zero attached hydrogens (tertiary/aromatic N) is 3. The molecule has 3 heterocycles. The lowest BCUT2D eigenvalue weighted by Gasteiger charge is -2.26. The molecule has 0 spiro atoms. The maximum absolute atomic E-state index is 12.8. The van der Waals surface area contributed by atoms with E-state index in [1.165, 1.54) is 11.3 Å². The molecule has 198 valence electrons. The number of aromatic amines is 1. The van der Waals surface area contributed by atoms with Crippen LogP contribution >= 0.6 is 11.3 Å². The van der Waals surface area contributed by atoms with Gasteiger partial charge < -0.3 is 10.1 Å². The Morgan fingerprint density at radius 2 is 1.89 bits per heavy atom. The van der Waals surface area contributed by atoms with E-state index in [2.05, 4.69) is 25.8 Å². The molecule has 1 saturated heterocycles. The summed E-state index contributed by atoms with van der Waals surface area (Å²) >= 11 is 1.26. The highest BCUT2D eigenvalue weighted by Gasteiger charge is 2.18. The number of thiophene rings is 1. The Bertz CT molecular complexity index is 1240. The minimum Gasteiger partial charge on any atom is -0.379 e. The van der Waals surface area contributed by atoms with E-state index in [1.807, 2.05) is 70.2 Å². The van der Waals surface area contributed by atoms with Crippen molar-refractivity contribution in [2.24, 2.45) is 0 Å². The molecule has 9 nitrogen and oxygen atoms in total. The van der Waals surface area contributed by atoms with Crippen LogP contribution in [0.4, 0.5) is 5.82 Å². The molecule has 0 radical (unpaired) electrons. The zero-order valence-corrected chi connectivity index (χ0v) is 22.9. The second-order valence-corrected chi connectivity index (χ2v) is 9.33. The number of anilines is 1. The van der Waals surface area contributed by atoms with E-state index >= 15 is 0 Å². The van der Waals surface area contributed by atoms with E-state index in [-0.39, 0.29) is 11.8 Å². The molecule has 2 aromatic heterocycles. The quantitative estimate of drug-likeness (QED) is 0.289. The zero-order valence-electron chi connectivity index (χ0n) is 22.1. The highest BCUT2D eigenvalue weighted by Crippen LogP contribution is 2.29. The Morgan fingerprint density at radius 1 is 1.19 bits per heavy atom. The van der Waals surface area contributed by atoms with Crippen LogP contribution in [0.3, 0.4) is 0 Å². The van der Waals surface area contributed by atoms with Crippen molar-refractivity contribution in [3.63, 3.8) is 0 Å². The van der Waals surface area contributed by atoms with Crippen LogP contribution in [-0.4, -0.2) is 65.3 Å². The Hall–Kier alpha value is -3.47. The molecular formula is C27H36N6O3S. The molecule has 1 fully saturated rings. The van der Waals surface area contributed by atoms with Crippen LogP contribution in [0.1, 0.15) is 53.3 Å². The molecule has 3 N–H and O–H groups in total. The normalized spacial score (nSPS) is 14.4. The lowest BCUT2D eigenvalue weighted by Crippen LogP contribution is -2.37. The van der Waals surface area contributed by atoms with E-state index in [9.17, 15) is 9.59 Å². The number of carbonyl (C=O) groups is 2. The van der Waals surface area contributed by atoms with E-state index in [1.54, 1.807) is 18.1 Å². The minimum absolute atomic E-state index is 0.239. The first-order valence-corrected chi connectivity index (χ1v) is 13.3. The third-order valence-electron chi connectivity index (χ3n) is 5.77. The Morgan fingerprint density at radius 3 is 2.57 bits per heavy atom. The van der Waals surface area contributed by atoms with Gasteiger partial charge in [0.1, 0.15) is 10.6 Å². The maximum Gasteiger partial charge on any atom is 0.279 e. The van der Waals surface area contributed by atoms with Crippen molar-refractivity contribution in [1.29, 1.82) is 0 Å². The number of morpholine rings is 1. The number of carbonyl (C=O) groups excluding carboxylic acids is 2. The molecule has 0 bridgehead atoms. The van der Waals surface area contributed by atoms with Gasteiger partial charge in [-0.1, -0.05) is 38.1 Å². The smallest absolute Gasteiger partial charge is 0.279 e. The predicted octanol–water partition coefficient (Wildman–Crippen LogP) is 4.79. The van der Waals surface area contributed by atoms with Crippen molar-refractivity contribution < 1.29 is 14.3 Å². The summed E-state index contributed by atoms with van der Waals surface area (Å²) < 4.78 is 5.39. The van der Waals surface area contributed by atoms with Gasteiger partial charge >= 0.3 is 0 Å². The third-order valence-corrected chi connectivity index (χ3v) is 6.80. The average Bonchev–Trinajstić information content (AvgIpc) is 3.51. The maximum atomic E-state index is 12.8. The van der Waals surface area contributed by atoms with Gasteiger partial charge in [0.2, 0.25) is 0 Å². The Balaban J connectivity index is 0.00000186. The van der Waals surface area contributed by atoms with Gasteiger partial charge in [0.05, 0.1) is 23.5 Å². The number of hydrazine groups is 1. The van der Waals surface area contributed by atoms with Crippen LogP contribution in [0, 0.1) is 0 Å². The first-order chi connectivity index (χ1) is 17.9. The van der Waals surface area contributed by atoms with Crippen LogP contribution in [0.2, 0.25) is 0 Å². The number of fused-ring (bicyclic) bond motifs is 1. The largest absolute Gasteiger partial charge is 0.379 e. The number of hydrogen-bond acceptors (Lipinski definition) is 7. The van der Waals surface area contributed by atoms with Gasteiger partial charge in [-0.15, -0.1) is 11.3 Å². The summed E-state index contributed by atoms with van der Waals surface area (Å²) in [5.41, 5.74) is 5.44. The molecule has 1 aliphatic heterocycles. The number of rotatable bonds is 8. The topological polar surface area (TPSA) is 103 Å². The van der Waals surface area contributed by atoms with Crippen LogP contribution in [-0.2, 0) is 11.3 Å². The lowest BCUT2D eigenvalue weighted by atomic mass is 10.1. The molecule has 0 aliphatic carbocycles. The van der Waals surface area contributed by atoms with Crippen LogP contribution < -0.4 is 10.7 Å². The molecule has 1 aromatic carbocycles. The van der Waals surface area contributed by atoms with E-state index in [0.717, 1.165) is 44.1 Å². The van der Waals surface area contributed by atoms with Crippen LogP contribution in [0.5, 0.6) is 0 Å². The summed E-state index contributed by atoms with van der Waals surface area (Å²) in [7, 11) is 1.78. The van der Waals surface area contributed by atoms with Gasteiger partial charge in [0, 0.05) is 37.9 Å². The fraction of sp³-hybridized carbons (Fsp3) is 0.370. The minimum atomic E-state index is -0.241. The summed E-state index contributed by atoms with van der Waals surface area (Å²) in [6, 6.07) is 9.33. The van der Waals surface area contributed by atoms with Crippen molar-refractivity contribution >= 4 is 39.2 Å². The van der Waals surface area contributed by atoms with Crippen molar-refractivity contribution in [2.75, 3.05) is 38.7 Å². The van der Waals surface area contributed by atoms with Gasteiger partial charge in [-0.05, 0) is 43.7 Å². The molecule has 0 saturated carbocycles. The second kappa shape index (κ2) is 13.7. The van der Waals surface area contributed by atoms with E-state index < -0.39 is 0 Å². The number of aromatic nitrogens is 2. The highest BCUT2D eigenvalue weighted by molar-refractivity contribution is 7.20. The highest BCUT2D eigenvalue weighted by atomic mass is 32.1. The summed E-state index contributed by atoms with van der Waals surface area (Å²) in [5.74, 6) is -0.0118. The second-order valence-electron chi connectivity index (χ2n) is 8.30. The van der Waals surface area contributed by atoms with Crippen LogP contribution in [0.25, 0.3) is 10.2 Å². The zero-order chi connectivity index (χ0) is 26.8. The molecule has 3 aromatic rings. The van der Waals surface area contributed by atoms with Gasteiger partial charge in [-0.2, -0.15) is 5.10 Å². The van der Waals surface area contributed by atoms with E-state index in [0.29, 0.717) is 26.5 Å². The molecule has 1 aliphatic rings. The van der Waals surface area contributed by atoms with Gasteiger partial charge in [0.15, 0.2) is 0 Å². The average molecular weight is 525 g/mol. The van der Waals surface area contributed by atoms with Gasteiger partial charge in [-0.3, -0.25) is 30.0 Å². The van der Waals surface area contributed by atoms with Gasteiger partial charge in [-0.25, -0.2) is 0 Å². The number of amides is 2. The number of nitrogens with one attached hydrogen (secondary N) is 3. The summed E-state index contributed by atoms with van der Waals surface area (Å²) in [6.45, 7) is 12.0. The van der Waals surface area contributed by atoms with E-state index in [4.69, 9.17) is 4.74 Å². The summed E-state index contributed by atoms with van der Waals surface area (Å²) in [5, 5.41) is 12.4. The molecule has 37 heavy (non-hydrogen) atoms. The number of H-pyrrole nitrogens is 1. The first kappa shape index (κ1) is 28.1. The number of allylic oxidation sites excluding steroid dienone is 4. The number of hydrogen-bond donors (Lipinski definition) is 3. The predicted molar refractivity (Wildman–Crippen MR) is 150 cm³/mol.